The fourth-order valence-corrected chi connectivity index (χ4v) is 10.3. The lowest BCUT2D eigenvalue weighted by Gasteiger charge is -2.20. The highest BCUT2D eigenvalue weighted by molar-refractivity contribution is 5.76. The minimum Gasteiger partial charge on any atom is -0.466 e. The van der Waals surface area contributed by atoms with Gasteiger partial charge in [0.2, 0.25) is 5.91 Å². The third-order valence-electron chi connectivity index (χ3n) is 15.4. The van der Waals surface area contributed by atoms with Crippen LogP contribution in [0, 0.1) is 0 Å². The van der Waals surface area contributed by atoms with E-state index in [0.717, 1.165) is 44.9 Å². The summed E-state index contributed by atoms with van der Waals surface area (Å²) in [6.45, 7) is 4.91. The Morgan fingerprint density at radius 2 is 0.635 bits per heavy atom. The van der Waals surface area contributed by atoms with Crippen LogP contribution in [0.3, 0.4) is 0 Å². The van der Waals surface area contributed by atoms with Crippen molar-refractivity contribution in [1.82, 2.24) is 5.32 Å². The van der Waals surface area contributed by atoms with Crippen LogP contribution < -0.4 is 5.32 Å². The number of hydrogen-bond acceptors (Lipinski definition) is 5. The predicted octanol–water partition coefficient (Wildman–Crippen LogP) is 21.1. The van der Waals surface area contributed by atoms with Crippen molar-refractivity contribution in [2.45, 2.75) is 373 Å². The van der Waals surface area contributed by atoms with Gasteiger partial charge in [-0.3, -0.25) is 9.59 Å². The van der Waals surface area contributed by atoms with E-state index in [1.165, 1.54) is 289 Å². The highest BCUT2D eigenvalue weighted by Crippen LogP contribution is 2.17. The number of aliphatic hydroxyl groups excluding tert-OH is 2. The van der Waals surface area contributed by atoms with Gasteiger partial charge >= 0.3 is 5.97 Å². The molecular weight excluding hydrogens is 911 g/mol. The van der Waals surface area contributed by atoms with E-state index in [0.29, 0.717) is 19.4 Å². The van der Waals surface area contributed by atoms with Gasteiger partial charge in [-0.25, -0.2) is 0 Å². The molecule has 0 aliphatic rings. The molecule has 0 fully saturated rings. The average Bonchev–Trinajstić information content (AvgIpc) is 3.40. The van der Waals surface area contributed by atoms with Gasteiger partial charge in [0.05, 0.1) is 25.4 Å². The summed E-state index contributed by atoms with van der Waals surface area (Å²) in [5.41, 5.74) is 0. The Balaban J connectivity index is 3.37. The molecule has 2 unspecified atom stereocenters. The Bertz CT molecular complexity index is 1200. The first-order valence-corrected chi connectivity index (χ1v) is 33.3. The molecule has 3 N–H and O–H groups in total. The summed E-state index contributed by atoms with van der Waals surface area (Å²) in [6.07, 6.45) is 80.7. The fourth-order valence-electron chi connectivity index (χ4n) is 10.3. The molecule has 1 amide bonds. The summed E-state index contributed by atoms with van der Waals surface area (Å²) in [4.78, 5) is 24.5. The molecule has 0 heterocycles. The van der Waals surface area contributed by atoms with Crippen LogP contribution in [0.1, 0.15) is 361 Å². The Morgan fingerprint density at radius 3 is 0.959 bits per heavy atom. The van der Waals surface area contributed by atoms with Crippen LogP contribution in [-0.2, 0) is 14.3 Å². The quantitative estimate of drug-likeness (QED) is 0.0320. The zero-order chi connectivity index (χ0) is 53.6. The molecule has 2 atom stereocenters. The lowest BCUT2D eigenvalue weighted by atomic mass is 10.0. The number of amides is 1. The summed E-state index contributed by atoms with van der Waals surface area (Å²) >= 11 is 0. The smallest absolute Gasteiger partial charge is 0.305 e. The molecule has 0 aromatic heterocycles. The van der Waals surface area contributed by atoms with E-state index >= 15 is 0 Å². The van der Waals surface area contributed by atoms with E-state index < -0.39 is 12.1 Å². The number of hydrogen-bond donors (Lipinski definition) is 3. The van der Waals surface area contributed by atoms with Gasteiger partial charge < -0.3 is 20.3 Å². The van der Waals surface area contributed by atoms with E-state index in [9.17, 15) is 19.8 Å². The minimum absolute atomic E-state index is 0.0123. The maximum atomic E-state index is 12.4. The molecule has 0 aliphatic carbocycles. The van der Waals surface area contributed by atoms with Gasteiger partial charge in [-0.1, -0.05) is 301 Å². The van der Waals surface area contributed by atoms with E-state index in [-0.39, 0.29) is 18.5 Å². The number of unbranched alkanes of at least 4 members (excludes halogenated alkanes) is 47. The molecule has 0 rings (SSSR count). The Hall–Kier alpha value is -1.92. The molecule has 74 heavy (non-hydrogen) atoms. The second kappa shape index (κ2) is 63.6. The van der Waals surface area contributed by atoms with E-state index in [2.05, 4.69) is 43.5 Å². The number of carbonyl (C=O) groups excluding carboxylic acids is 2. The Morgan fingerprint density at radius 1 is 0.365 bits per heavy atom. The predicted molar refractivity (Wildman–Crippen MR) is 324 cm³/mol. The van der Waals surface area contributed by atoms with Gasteiger partial charge in [-0.15, -0.1) is 0 Å². The second-order valence-electron chi connectivity index (χ2n) is 22.8. The molecule has 0 radical (unpaired) electrons. The molecule has 6 nitrogen and oxygen atoms in total. The number of aliphatic hydroxyl groups is 2. The maximum absolute atomic E-state index is 12.4. The minimum atomic E-state index is -0.843. The second-order valence-corrected chi connectivity index (χ2v) is 22.8. The van der Waals surface area contributed by atoms with Crippen molar-refractivity contribution in [3.63, 3.8) is 0 Å². The summed E-state index contributed by atoms with van der Waals surface area (Å²) in [7, 11) is 0. The van der Waals surface area contributed by atoms with E-state index in [4.69, 9.17) is 4.74 Å². The first-order valence-electron chi connectivity index (χ1n) is 33.3. The van der Waals surface area contributed by atoms with Crippen LogP contribution >= 0.6 is 0 Å². The lowest BCUT2D eigenvalue weighted by Crippen LogP contribution is -2.45. The van der Waals surface area contributed by atoms with Crippen molar-refractivity contribution in [1.29, 1.82) is 0 Å². The SMILES string of the molecule is CCCCCCCC/C=C\CCCCCCCCCC(=O)OCCCCCCCCCCCCCC/C=C\CCCCCCCCCCCCCCC(=O)NC(CO)C(O)/C=C/CCCCCCCCCCCC. The molecule has 6 heteroatoms. The Kier molecular flexibility index (Phi) is 62.0. The van der Waals surface area contributed by atoms with Crippen LogP contribution in [0.4, 0.5) is 0 Å². The van der Waals surface area contributed by atoms with Crippen LogP contribution in [0.25, 0.3) is 0 Å². The molecule has 0 aliphatic heterocycles. The van der Waals surface area contributed by atoms with Crippen molar-refractivity contribution < 1.29 is 24.5 Å². The highest BCUT2D eigenvalue weighted by Gasteiger charge is 2.18. The lowest BCUT2D eigenvalue weighted by molar-refractivity contribution is -0.143. The Labute approximate surface area is 462 Å². The number of ether oxygens (including phenoxy) is 1. The third kappa shape index (κ3) is 59.3. The number of esters is 1. The van der Waals surface area contributed by atoms with Crippen molar-refractivity contribution in [2.75, 3.05) is 13.2 Å². The van der Waals surface area contributed by atoms with Crippen LogP contribution in [0.15, 0.2) is 36.5 Å². The van der Waals surface area contributed by atoms with Gasteiger partial charge in [0.15, 0.2) is 0 Å². The molecule has 0 aromatic carbocycles. The molecule has 436 valence electrons. The van der Waals surface area contributed by atoms with Crippen LogP contribution in [0.2, 0.25) is 0 Å². The summed E-state index contributed by atoms with van der Waals surface area (Å²) < 4.78 is 5.50. The van der Waals surface area contributed by atoms with Gasteiger partial charge in [-0.05, 0) is 83.5 Å². The van der Waals surface area contributed by atoms with Gasteiger partial charge in [0.1, 0.15) is 0 Å². The monoisotopic (exact) mass is 1040 g/mol. The number of rotatable bonds is 62. The number of nitrogens with one attached hydrogen (secondary N) is 1. The summed E-state index contributed by atoms with van der Waals surface area (Å²) in [5.74, 6) is -0.0555. The van der Waals surface area contributed by atoms with E-state index in [1.54, 1.807) is 6.08 Å². The fraction of sp³-hybridized carbons (Fsp3) is 0.882. The van der Waals surface area contributed by atoms with Gasteiger partial charge in [0, 0.05) is 12.8 Å². The molecule has 0 saturated heterocycles. The molecular formula is C68H129NO5. The first-order chi connectivity index (χ1) is 36.5. The molecule has 0 spiro atoms. The topological polar surface area (TPSA) is 95.9 Å². The first kappa shape index (κ1) is 72.1. The van der Waals surface area contributed by atoms with Gasteiger partial charge in [0.25, 0.3) is 0 Å². The molecule has 0 aromatic rings. The van der Waals surface area contributed by atoms with Crippen molar-refractivity contribution >= 4 is 11.9 Å². The third-order valence-corrected chi connectivity index (χ3v) is 15.4. The number of allylic oxidation sites excluding steroid dienone is 5. The standard InChI is InChI=1S/C68H129NO5/c1-3-5-7-9-11-13-15-17-18-31-35-38-42-46-50-54-58-62-68(73)74-63-59-55-51-47-43-39-36-33-30-28-26-24-22-20-19-21-23-25-27-29-32-34-37-41-45-49-53-57-61-67(72)69-65(64-70)66(71)60-56-52-48-44-40-16-14-12-10-8-6-4-2/h17-20,56,60,65-66,70-71H,3-16,21-55,57-59,61-64H2,1-2H3,(H,69,72)/b18-17-,20-19-,60-56+. The van der Waals surface area contributed by atoms with Crippen LogP contribution in [0.5, 0.6) is 0 Å². The zero-order valence-electron chi connectivity index (χ0n) is 49.8. The zero-order valence-corrected chi connectivity index (χ0v) is 49.8. The summed E-state index contributed by atoms with van der Waals surface area (Å²) in [5, 5.41) is 23.1. The maximum Gasteiger partial charge on any atom is 0.305 e. The average molecular weight is 1040 g/mol. The normalized spacial score (nSPS) is 12.8. The highest BCUT2D eigenvalue weighted by atomic mass is 16.5. The molecule has 0 saturated carbocycles. The van der Waals surface area contributed by atoms with Crippen molar-refractivity contribution in [3.8, 4) is 0 Å². The van der Waals surface area contributed by atoms with Crippen LogP contribution in [-0.4, -0.2) is 47.4 Å². The van der Waals surface area contributed by atoms with Crippen molar-refractivity contribution in [2.24, 2.45) is 0 Å². The molecule has 0 bridgehead atoms. The van der Waals surface area contributed by atoms with Crippen molar-refractivity contribution in [3.05, 3.63) is 36.5 Å². The largest absolute Gasteiger partial charge is 0.466 e. The van der Waals surface area contributed by atoms with E-state index in [1.807, 2.05) is 6.08 Å². The summed E-state index contributed by atoms with van der Waals surface area (Å²) in [6, 6.07) is -0.627. The number of carbonyl (C=O) groups is 2. The van der Waals surface area contributed by atoms with Gasteiger partial charge in [-0.2, -0.15) is 0 Å².